The van der Waals surface area contributed by atoms with Gasteiger partial charge in [0, 0.05) is 0 Å². The van der Waals surface area contributed by atoms with Crippen LogP contribution in [-0.2, 0) is 0 Å². The van der Waals surface area contributed by atoms with Crippen LogP contribution in [0.2, 0.25) is 0 Å². The van der Waals surface area contributed by atoms with Gasteiger partial charge in [-0.15, -0.1) is 0 Å². The third kappa shape index (κ3) is 1.55. The lowest BCUT2D eigenvalue weighted by atomic mass is 10.3. The Balaban J connectivity index is 2.22. The molecule has 3 rings (SSSR count). The van der Waals surface area contributed by atoms with Crippen LogP contribution < -0.4 is 10.3 Å². The Hall–Kier alpha value is -2.63. The van der Waals surface area contributed by atoms with E-state index in [9.17, 15) is 4.79 Å². The number of hydrogen-bond donors (Lipinski definition) is 1. The van der Waals surface area contributed by atoms with E-state index in [1.165, 1.54) is 6.33 Å². The quantitative estimate of drug-likeness (QED) is 0.730. The molecule has 2 aromatic heterocycles. The molecule has 0 aliphatic rings. The minimum Gasteiger partial charge on any atom is -0.497 e. The number of aromatic amines is 1. The van der Waals surface area contributed by atoms with Crippen molar-refractivity contribution >= 4 is 11.0 Å². The van der Waals surface area contributed by atoms with Crippen molar-refractivity contribution in [2.75, 3.05) is 7.11 Å². The molecule has 1 N–H and O–H groups in total. The summed E-state index contributed by atoms with van der Waals surface area (Å²) in [5, 5.41) is 4.18. The molecule has 18 heavy (non-hydrogen) atoms. The number of rotatable bonds is 2. The highest BCUT2D eigenvalue weighted by molar-refractivity contribution is 5.74. The van der Waals surface area contributed by atoms with Gasteiger partial charge in [0.15, 0.2) is 5.52 Å². The van der Waals surface area contributed by atoms with E-state index in [1.54, 1.807) is 18.0 Å². The lowest BCUT2D eigenvalue weighted by Crippen LogP contribution is -2.10. The molecule has 0 bridgehead atoms. The van der Waals surface area contributed by atoms with Crippen LogP contribution >= 0.6 is 0 Å². The van der Waals surface area contributed by atoms with Gasteiger partial charge >= 0.3 is 0 Å². The maximum Gasteiger partial charge on any atom is 0.277 e. The Morgan fingerprint density at radius 2 is 2.06 bits per heavy atom. The van der Waals surface area contributed by atoms with Gasteiger partial charge in [0.25, 0.3) is 5.56 Å². The number of nitrogens with one attached hydrogen (secondary N) is 1. The summed E-state index contributed by atoms with van der Waals surface area (Å²) >= 11 is 0. The Kier molecular flexibility index (Phi) is 2.33. The van der Waals surface area contributed by atoms with E-state index in [1.807, 2.05) is 24.3 Å². The highest BCUT2D eigenvalue weighted by Gasteiger charge is 2.09. The Morgan fingerprint density at radius 1 is 1.28 bits per heavy atom. The van der Waals surface area contributed by atoms with Crippen LogP contribution in [0.1, 0.15) is 0 Å². The fourth-order valence-corrected chi connectivity index (χ4v) is 1.79. The second-order valence-corrected chi connectivity index (χ2v) is 3.72. The molecule has 0 atom stereocenters. The van der Waals surface area contributed by atoms with Gasteiger partial charge in [-0.25, -0.2) is 9.67 Å². The van der Waals surface area contributed by atoms with E-state index < -0.39 is 0 Å². The molecule has 0 spiro atoms. The van der Waals surface area contributed by atoms with Gasteiger partial charge in [-0.05, 0) is 24.3 Å². The van der Waals surface area contributed by atoms with Crippen molar-refractivity contribution in [1.29, 1.82) is 0 Å². The van der Waals surface area contributed by atoms with E-state index in [0.717, 1.165) is 11.4 Å². The number of hydrogen-bond acceptors (Lipinski definition) is 4. The van der Waals surface area contributed by atoms with E-state index in [2.05, 4.69) is 15.1 Å². The van der Waals surface area contributed by atoms with E-state index in [0.29, 0.717) is 11.0 Å². The van der Waals surface area contributed by atoms with Crippen molar-refractivity contribution in [3.05, 3.63) is 47.1 Å². The van der Waals surface area contributed by atoms with Gasteiger partial charge in [-0.1, -0.05) is 0 Å². The van der Waals surface area contributed by atoms with Crippen LogP contribution in [0.15, 0.2) is 41.6 Å². The summed E-state index contributed by atoms with van der Waals surface area (Å²) in [6.45, 7) is 0. The molecule has 90 valence electrons. The first-order valence-corrected chi connectivity index (χ1v) is 5.35. The molecule has 0 aliphatic heterocycles. The molecule has 0 radical (unpaired) electrons. The molecule has 0 saturated carbocycles. The van der Waals surface area contributed by atoms with E-state index in [4.69, 9.17) is 4.74 Å². The first-order chi connectivity index (χ1) is 8.79. The largest absolute Gasteiger partial charge is 0.497 e. The molecule has 1 aromatic carbocycles. The molecule has 2 heterocycles. The van der Waals surface area contributed by atoms with Crippen molar-refractivity contribution < 1.29 is 4.74 Å². The van der Waals surface area contributed by atoms with Crippen LogP contribution in [0, 0.1) is 0 Å². The van der Waals surface area contributed by atoms with Crippen LogP contribution in [0.4, 0.5) is 0 Å². The van der Waals surface area contributed by atoms with Crippen LogP contribution in [0.3, 0.4) is 0 Å². The summed E-state index contributed by atoms with van der Waals surface area (Å²) < 4.78 is 6.64. The standard InChI is InChI=1S/C12H10N4O2/c1-18-9-4-2-8(3-5-9)16-11-10(6-15-16)13-7-14-12(11)17/h2-7H,1H3,(H,13,14,17). The molecule has 6 nitrogen and oxygen atoms in total. The van der Waals surface area contributed by atoms with Crippen molar-refractivity contribution in [2.24, 2.45) is 0 Å². The maximum atomic E-state index is 11.8. The number of ether oxygens (including phenoxy) is 1. The van der Waals surface area contributed by atoms with Gasteiger partial charge in [-0.2, -0.15) is 5.10 Å². The average Bonchev–Trinajstić information content (AvgIpc) is 2.84. The second kappa shape index (κ2) is 3.99. The SMILES string of the molecule is COc1ccc(-n2ncc3nc[nH]c(=O)c32)cc1. The third-order valence-corrected chi connectivity index (χ3v) is 2.68. The minimum absolute atomic E-state index is 0.215. The van der Waals surface area contributed by atoms with Crippen molar-refractivity contribution in [3.63, 3.8) is 0 Å². The number of fused-ring (bicyclic) bond motifs is 1. The Morgan fingerprint density at radius 3 is 2.78 bits per heavy atom. The smallest absolute Gasteiger partial charge is 0.277 e. The molecule has 6 heteroatoms. The van der Waals surface area contributed by atoms with Crippen LogP contribution in [0.25, 0.3) is 16.7 Å². The molecule has 0 aliphatic carbocycles. The van der Waals surface area contributed by atoms with Gasteiger partial charge in [0.1, 0.15) is 11.3 Å². The number of aromatic nitrogens is 4. The summed E-state index contributed by atoms with van der Waals surface area (Å²) in [6, 6.07) is 7.29. The number of nitrogens with zero attached hydrogens (tertiary/aromatic N) is 3. The monoisotopic (exact) mass is 242 g/mol. The molecule has 0 unspecified atom stereocenters. The second-order valence-electron chi connectivity index (χ2n) is 3.72. The van der Waals surface area contributed by atoms with Gasteiger partial charge in [-0.3, -0.25) is 4.79 Å². The van der Waals surface area contributed by atoms with E-state index in [-0.39, 0.29) is 5.56 Å². The summed E-state index contributed by atoms with van der Waals surface area (Å²) in [5.41, 5.74) is 1.56. The highest BCUT2D eigenvalue weighted by Crippen LogP contribution is 2.16. The van der Waals surface area contributed by atoms with Gasteiger partial charge < -0.3 is 9.72 Å². The first kappa shape index (κ1) is 10.5. The molecule has 0 saturated heterocycles. The minimum atomic E-state index is -0.215. The maximum absolute atomic E-state index is 11.8. The fourth-order valence-electron chi connectivity index (χ4n) is 1.79. The Labute approximate surface area is 102 Å². The lowest BCUT2D eigenvalue weighted by molar-refractivity contribution is 0.414. The molecule has 0 fully saturated rings. The van der Waals surface area contributed by atoms with Gasteiger partial charge in [0.2, 0.25) is 0 Å². The molecule has 0 amide bonds. The summed E-state index contributed by atoms with van der Waals surface area (Å²) in [4.78, 5) is 18.4. The molecular formula is C12H10N4O2. The molecule has 3 aromatic rings. The zero-order valence-electron chi connectivity index (χ0n) is 9.62. The fraction of sp³-hybridized carbons (Fsp3) is 0.0833. The first-order valence-electron chi connectivity index (χ1n) is 5.35. The van der Waals surface area contributed by atoms with Crippen molar-refractivity contribution in [1.82, 2.24) is 19.7 Å². The highest BCUT2D eigenvalue weighted by atomic mass is 16.5. The number of benzene rings is 1. The summed E-state index contributed by atoms with van der Waals surface area (Å²) in [7, 11) is 1.60. The third-order valence-electron chi connectivity index (χ3n) is 2.68. The van der Waals surface area contributed by atoms with Crippen LogP contribution in [0.5, 0.6) is 5.75 Å². The number of H-pyrrole nitrogens is 1. The summed E-state index contributed by atoms with van der Waals surface area (Å²) in [5.74, 6) is 0.752. The normalized spacial score (nSPS) is 10.7. The van der Waals surface area contributed by atoms with Gasteiger partial charge in [0.05, 0.1) is 25.3 Å². The van der Waals surface area contributed by atoms with Crippen molar-refractivity contribution in [2.45, 2.75) is 0 Å². The zero-order chi connectivity index (χ0) is 12.5. The molecular weight excluding hydrogens is 232 g/mol. The summed E-state index contributed by atoms with van der Waals surface area (Å²) in [6.07, 6.45) is 2.93. The van der Waals surface area contributed by atoms with Crippen LogP contribution in [-0.4, -0.2) is 26.9 Å². The predicted octanol–water partition coefficient (Wildman–Crippen LogP) is 1.12. The van der Waals surface area contributed by atoms with E-state index >= 15 is 0 Å². The Bertz CT molecular complexity index is 743. The zero-order valence-corrected chi connectivity index (χ0v) is 9.62. The predicted molar refractivity (Wildman–Crippen MR) is 66.0 cm³/mol. The number of methoxy groups -OCH3 is 1. The average molecular weight is 242 g/mol. The topological polar surface area (TPSA) is 72.8 Å². The van der Waals surface area contributed by atoms with Crippen molar-refractivity contribution in [3.8, 4) is 11.4 Å². The lowest BCUT2D eigenvalue weighted by Gasteiger charge is -2.04.